The molecule has 2 aliphatic rings. The van der Waals surface area contributed by atoms with Crippen molar-refractivity contribution in [3.8, 4) is 17.0 Å². The largest absolute Gasteiger partial charge is 0.479 e. The number of thiazole rings is 1. The van der Waals surface area contributed by atoms with Crippen molar-refractivity contribution in [1.82, 2.24) is 14.9 Å². The van der Waals surface area contributed by atoms with E-state index in [9.17, 15) is 4.79 Å². The van der Waals surface area contributed by atoms with Crippen molar-refractivity contribution in [2.45, 2.75) is 19.3 Å². The molecule has 8 heteroatoms. The van der Waals surface area contributed by atoms with Gasteiger partial charge in [-0.05, 0) is 30.2 Å². The fourth-order valence-corrected chi connectivity index (χ4v) is 5.39. The van der Waals surface area contributed by atoms with Crippen LogP contribution in [0.25, 0.3) is 21.3 Å². The summed E-state index contributed by atoms with van der Waals surface area (Å²) in [5, 5.41) is 3.57. The maximum Gasteiger partial charge on any atom is 0.323 e. The van der Waals surface area contributed by atoms with Crippen LogP contribution in [0, 0.1) is 5.41 Å². The molecule has 0 unspecified atom stereocenters. The summed E-state index contributed by atoms with van der Waals surface area (Å²) in [7, 11) is 1.58. The van der Waals surface area contributed by atoms with E-state index in [1.54, 1.807) is 13.3 Å². The fourth-order valence-electron chi connectivity index (χ4n) is 4.41. The molecule has 0 aliphatic carbocycles. The topological polar surface area (TPSA) is 76.6 Å². The van der Waals surface area contributed by atoms with Crippen molar-refractivity contribution in [3.05, 3.63) is 36.5 Å². The molecule has 2 aliphatic heterocycles. The fraction of sp³-hybridized carbons (Fsp3) is 0.409. The van der Waals surface area contributed by atoms with Gasteiger partial charge in [0.15, 0.2) is 5.13 Å². The van der Waals surface area contributed by atoms with Crippen molar-refractivity contribution in [1.29, 1.82) is 0 Å². The molecule has 0 radical (unpaired) electrons. The second kappa shape index (κ2) is 7.85. The van der Waals surface area contributed by atoms with Gasteiger partial charge in [-0.15, -0.1) is 0 Å². The van der Waals surface area contributed by atoms with Gasteiger partial charge in [0, 0.05) is 38.1 Å². The first-order chi connectivity index (χ1) is 14.7. The Morgan fingerprint density at radius 2 is 2.03 bits per heavy atom. The molecule has 0 atom stereocenters. The lowest BCUT2D eigenvalue weighted by Crippen LogP contribution is -2.37. The Balaban J connectivity index is 1.40. The summed E-state index contributed by atoms with van der Waals surface area (Å²) in [4.78, 5) is 23.9. The quantitative estimate of drug-likeness (QED) is 0.674. The lowest BCUT2D eigenvalue weighted by atomic mass is 9.80. The lowest BCUT2D eigenvalue weighted by Gasteiger charge is -2.33. The van der Waals surface area contributed by atoms with Crippen molar-refractivity contribution in [2.75, 3.05) is 38.7 Å². The molecule has 0 saturated carbocycles. The Hall–Kier alpha value is -2.71. The summed E-state index contributed by atoms with van der Waals surface area (Å²) in [6.45, 7) is 3.15. The molecule has 2 fully saturated rings. The van der Waals surface area contributed by atoms with Crippen LogP contribution >= 0.6 is 11.3 Å². The number of anilines is 1. The zero-order chi connectivity index (χ0) is 20.6. The van der Waals surface area contributed by atoms with Gasteiger partial charge in [-0.1, -0.05) is 41.7 Å². The zero-order valence-corrected chi connectivity index (χ0v) is 17.7. The normalized spacial score (nSPS) is 18.1. The van der Waals surface area contributed by atoms with Gasteiger partial charge in [0.25, 0.3) is 0 Å². The van der Waals surface area contributed by atoms with Crippen LogP contribution in [0.4, 0.5) is 9.93 Å². The number of carbonyl (C=O) groups is 1. The molecule has 2 saturated heterocycles. The van der Waals surface area contributed by atoms with Crippen molar-refractivity contribution >= 4 is 32.7 Å². The van der Waals surface area contributed by atoms with Gasteiger partial charge in [-0.3, -0.25) is 5.32 Å². The molecule has 2 aromatic heterocycles. The summed E-state index contributed by atoms with van der Waals surface area (Å²) >= 11 is 1.45. The van der Waals surface area contributed by atoms with Gasteiger partial charge in [-0.25, -0.2) is 14.8 Å². The van der Waals surface area contributed by atoms with Crippen LogP contribution in [0.1, 0.15) is 19.3 Å². The SMILES string of the molecule is COc1ncc(-c2ccccc2)c2sc(NC(=O)N3CCC4(CCOCC4)C3)nc12. The Bertz CT molecular complexity index is 1060. The number of ether oxygens (including phenoxy) is 2. The molecule has 1 aromatic carbocycles. The van der Waals surface area contributed by atoms with Crippen molar-refractivity contribution < 1.29 is 14.3 Å². The Kier molecular flexibility index (Phi) is 5.04. The molecule has 156 valence electrons. The van der Waals surface area contributed by atoms with Crippen LogP contribution in [0.3, 0.4) is 0 Å². The van der Waals surface area contributed by atoms with E-state index in [2.05, 4.69) is 15.3 Å². The highest BCUT2D eigenvalue weighted by molar-refractivity contribution is 7.23. The number of rotatable bonds is 3. The maximum absolute atomic E-state index is 12.9. The predicted octanol–water partition coefficient (Wildman–Crippen LogP) is 4.40. The van der Waals surface area contributed by atoms with E-state index in [1.165, 1.54) is 11.3 Å². The first kappa shape index (κ1) is 19.3. The van der Waals surface area contributed by atoms with Gasteiger partial charge >= 0.3 is 6.03 Å². The highest BCUT2D eigenvalue weighted by atomic mass is 32.1. The molecule has 1 spiro atoms. The van der Waals surface area contributed by atoms with Crippen LogP contribution < -0.4 is 10.1 Å². The average molecular weight is 425 g/mol. The van der Waals surface area contributed by atoms with Crippen LogP contribution in [0.2, 0.25) is 0 Å². The zero-order valence-electron chi connectivity index (χ0n) is 16.9. The molecule has 5 rings (SSSR count). The van der Waals surface area contributed by atoms with Crippen LogP contribution in [-0.4, -0.2) is 54.3 Å². The highest BCUT2D eigenvalue weighted by Crippen LogP contribution is 2.41. The van der Waals surface area contributed by atoms with Crippen LogP contribution in [-0.2, 0) is 4.74 Å². The summed E-state index contributed by atoms with van der Waals surface area (Å²) in [6, 6.07) is 9.96. The number of nitrogens with one attached hydrogen (secondary N) is 1. The molecular formula is C22H24N4O3S. The number of hydrogen-bond acceptors (Lipinski definition) is 6. The molecule has 4 heterocycles. The maximum atomic E-state index is 12.9. The van der Waals surface area contributed by atoms with E-state index in [0.717, 1.165) is 61.4 Å². The Morgan fingerprint density at radius 1 is 1.23 bits per heavy atom. The number of pyridine rings is 1. The van der Waals surface area contributed by atoms with Gasteiger partial charge < -0.3 is 14.4 Å². The van der Waals surface area contributed by atoms with E-state index < -0.39 is 0 Å². The lowest BCUT2D eigenvalue weighted by molar-refractivity contribution is 0.0211. The summed E-state index contributed by atoms with van der Waals surface area (Å²) in [6.07, 6.45) is 4.90. The van der Waals surface area contributed by atoms with E-state index in [-0.39, 0.29) is 11.4 Å². The number of methoxy groups -OCH3 is 1. The van der Waals surface area contributed by atoms with Gasteiger partial charge in [0.1, 0.15) is 5.52 Å². The van der Waals surface area contributed by atoms with E-state index >= 15 is 0 Å². The second-order valence-electron chi connectivity index (χ2n) is 7.96. The number of carbonyl (C=O) groups excluding carboxylic acids is 1. The molecule has 2 amide bonds. The minimum Gasteiger partial charge on any atom is -0.479 e. The molecule has 30 heavy (non-hydrogen) atoms. The third-order valence-electron chi connectivity index (χ3n) is 6.16. The molecular weight excluding hydrogens is 400 g/mol. The number of likely N-dealkylation sites (tertiary alicyclic amines) is 1. The van der Waals surface area contributed by atoms with Crippen LogP contribution in [0.15, 0.2) is 36.5 Å². The number of hydrogen-bond donors (Lipinski definition) is 1. The first-order valence-corrected chi connectivity index (χ1v) is 11.0. The Morgan fingerprint density at radius 3 is 2.80 bits per heavy atom. The van der Waals surface area contributed by atoms with Crippen molar-refractivity contribution in [3.63, 3.8) is 0 Å². The summed E-state index contributed by atoms with van der Waals surface area (Å²) in [5.74, 6) is 0.462. The van der Waals surface area contributed by atoms with E-state index in [1.807, 2.05) is 35.2 Å². The highest BCUT2D eigenvalue weighted by Gasteiger charge is 2.41. The Labute approximate surface area is 179 Å². The predicted molar refractivity (Wildman–Crippen MR) is 117 cm³/mol. The number of amides is 2. The monoisotopic (exact) mass is 424 g/mol. The van der Waals surface area contributed by atoms with Crippen molar-refractivity contribution in [2.24, 2.45) is 5.41 Å². The smallest absolute Gasteiger partial charge is 0.323 e. The minimum atomic E-state index is -0.0920. The number of benzene rings is 1. The molecule has 1 N–H and O–H groups in total. The molecule has 3 aromatic rings. The van der Waals surface area contributed by atoms with E-state index in [4.69, 9.17) is 9.47 Å². The molecule has 0 bridgehead atoms. The molecule has 7 nitrogen and oxygen atoms in total. The average Bonchev–Trinajstić information content (AvgIpc) is 3.38. The van der Waals surface area contributed by atoms with Gasteiger partial charge in [0.2, 0.25) is 5.88 Å². The number of fused-ring (bicyclic) bond motifs is 1. The minimum absolute atomic E-state index is 0.0920. The van der Waals surface area contributed by atoms with Gasteiger partial charge in [-0.2, -0.15) is 0 Å². The van der Waals surface area contributed by atoms with Crippen LogP contribution in [0.5, 0.6) is 5.88 Å². The third kappa shape index (κ3) is 3.50. The number of nitrogens with zero attached hydrogens (tertiary/aromatic N) is 3. The summed E-state index contributed by atoms with van der Waals surface area (Å²) < 4.78 is 11.9. The second-order valence-corrected chi connectivity index (χ2v) is 8.96. The first-order valence-electron chi connectivity index (χ1n) is 10.2. The number of aromatic nitrogens is 2. The van der Waals surface area contributed by atoms with E-state index in [0.29, 0.717) is 16.5 Å². The summed E-state index contributed by atoms with van der Waals surface area (Å²) in [5.41, 5.74) is 2.92. The number of urea groups is 1. The third-order valence-corrected chi connectivity index (χ3v) is 7.16. The standard InChI is InChI=1S/C22H24N4O3S/c1-28-19-17-18(16(13-23-19)15-5-3-2-4-6-15)30-20(24-17)25-21(27)26-10-7-22(14-26)8-11-29-12-9-22/h2-6,13H,7-12,14H2,1H3,(H,24,25,27). The van der Waals surface area contributed by atoms with Gasteiger partial charge in [0.05, 0.1) is 11.8 Å².